The number of aliphatic hydroxyl groups is 1. The molecule has 1 fully saturated rings. The Labute approximate surface area is 191 Å². The van der Waals surface area contributed by atoms with Crippen LogP contribution in [0.2, 0.25) is 0 Å². The first kappa shape index (κ1) is 25.7. The summed E-state index contributed by atoms with van der Waals surface area (Å²) in [6.45, 7) is 5.04. The van der Waals surface area contributed by atoms with Crippen LogP contribution in [-0.4, -0.2) is 52.3 Å². The normalized spacial score (nSPS) is 17.2. The third-order valence-electron chi connectivity index (χ3n) is 5.79. The molecule has 2 rings (SSSR count). The second-order valence-corrected chi connectivity index (χ2v) is 9.47. The zero-order chi connectivity index (χ0) is 22.5. The van der Waals surface area contributed by atoms with Crippen LogP contribution in [0.4, 0.5) is 0 Å². The molecule has 1 saturated heterocycles. The molecule has 0 bridgehead atoms. The van der Waals surface area contributed by atoms with Crippen LogP contribution >= 0.6 is 11.8 Å². The molecule has 31 heavy (non-hydrogen) atoms. The highest BCUT2D eigenvalue weighted by molar-refractivity contribution is 8.00. The largest absolute Gasteiger partial charge is 0.462 e. The summed E-state index contributed by atoms with van der Waals surface area (Å²) in [5.41, 5.74) is 1.77. The highest BCUT2D eigenvalue weighted by Gasteiger charge is 2.31. The van der Waals surface area contributed by atoms with Crippen LogP contribution in [0.5, 0.6) is 0 Å². The van der Waals surface area contributed by atoms with Crippen LogP contribution in [0.3, 0.4) is 0 Å². The Morgan fingerprint density at radius 1 is 1.13 bits per heavy atom. The van der Waals surface area contributed by atoms with Gasteiger partial charge < -0.3 is 14.7 Å². The molecule has 0 aromatic heterocycles. The van der Waals surface area contributed by atoms with Gasteiger partial charge in [0.05, 0.1) is 29.4 Å². The van der Waals surface area contributed by atoms with Gasteiger partial charge in [-0.3, -0.25) is 4.79 Å². The SMILES string of the molecule is CCCCCCCC(O)CCN1C(=O)CSC1CCCc1ccc(C(=O)OCC)cc1. The van der Waals surface area contributed by atoms with Crippen molar-refractivity contribution in [1.29, 1.82) is 0 Å². The number of aryl methyl sites for hydroxylation is 1. The van der Waals surface area contributed by atoms with Crippen molar-refractivity contribution in [2.45, 2.75) is 89.5 Å². The molecule has 6 heteroatoms. The Bertz CT molecular complexity index is 664. The van der Waals surface area contributed by atoms with Gasteiger partial charge in [-0.2, -0.15) is 0 Å². The average molecular weight is 450 g/mol. The van der Waals surface area contributed by atoms with Gasteiger partial charge in [0.15, 0.2) is 0 Å². The highest BCUT2D eigenvalue weighted by atomic mass is 32.2. The fourth-order valence-electron chi connectivity index (χ4n) is 3.93. The topological polar surface area (TPSA) is 66.8 Å². The summed E-state index contributed by atoms with van der Waals surface area (Å²) in [7, 11) is 0. The van der Waals surface area contributed by atoms with Crippen molar-refractivity contribution in [3.05, 3.63) is 35.4 Å². The number of ether oxygens (including phenoxy) is 1. The number of rotatable bonds is 15. The number of amides is 1. The van der Waals surface area contributed by atoms with E-state index >= 15 is 0 Å². The first-order valence-electron chi connectivity index (χ1n) is 11.9. The molecule has 1 aromatic rings. The Morgan fingerprint density at radius 3 is 2.58 bits per heavy atom. The van der Waals surface area contributed by atoms with Crippen molar-refractivity contribution in [2.24, 2.45) is 0 Å². The van der Waals surface area contributed by atoms with Gasteiger partial charge in [0.2, 0.25) is 5.91 Å². The zero-order valence-electron chi connectivity index (χ0n) is 19.2. The first-order chi connectivity index (χ1) is 15.0. The molecule has 0 spiro atoms. The van der Waals surface area contributed by atoms with Crippen LogP contribution < -0.4 is 0 Å². The molecule has 5 nitrogen and oxygen atoms in total. The summed E-state index contributed by atoms with van der Waals surface area (Å²) in [6, 6.07) is 7.59. The van der Waals surface area contributed by atoms with E-state index in [9.17, 15) is 14.7 Å². The molecule has 174 valence electrons. The number of thioether (sulfide) groups is 1. The molecule has 1 aliphatic heterocycles. The van der Waals surface area contributed by atoms with Gasteiger partial charge >= 0.3 is 5.97 Å². The van der Waals surface area contributed by atoms with Crippen molar-refractivity contribution >= 4 is 23.6 Å². The Kier molecular flexibility index (Phi) is 12.0. The van der Waals surface area contributed by atoms with E-state index in [0.717, 1.165) is 32.1 Å². The van der Waals surface area contributed by atoms with Gasteiger partial charge in [0.1, 0.15) is 0 Å². The van der Waals surface area contributed by atoms with Crippen LogP contribution in [-0.2, 0) is 16.0 Å². The van der Waals surface area contributed by atoms with E-state index in [1.165, 1.54) is 31.2 Å². The molecule has 2 unspecified atom stereocenters. The Balaban J connectivity index is 1.69. The van der Waals surface area contributed by atoms with Crippen molar-refractivity contribution in [3.8, 4) is 0 Å². The second-order valence-electron chi connectivity index (χ2n) is 8.31. The predicted octanol–water partition coefficient (Wildman–Crippen LogP) is 5.20. The van der Waals surface area contributed by atoms with Crippen LogP contribution in [0.25, 0.3) is 0 Å². The number of benzene rings is 1. The molecule has 2 atom stereocenters. The molecule has 0 aliphatic carbocycles. The molecule has 1 heterocycles. The lowest BCUT2D eigenvalue weighted by atomic mass is 10.0. The molecule has 1 aromatic carbocycles. The monoisotopic (exact) mass is 449 g/mol. The minimum absolute atomic E-state index is 0.198. The third-order valence-corrected chi connectivity index (χ3v) is 7.08. The summed E-state index contributed by atoms with van der Waals surface area (Å²) in [4.78, 5) is 26.0. The van der Waals surface area contributed by atoms with E-state index in [0.29, 0.717) is 30.9 Å². The van der Waals surface area contributed by atoms with E-state index in [1.54, 1.807) is 18.7 Å². The van der Waals surface area contributed by atoms with E-state index in [1.807, 2.05) is 29.2 Å². The standard InChI is InChI=1S/C25H39NO4S/c1-3-5-6-7-8-11-22(27)17-18-26-23(28)19-31-24(26)12-9-10-20-13-15-21(16-14-20)25(29)30-4-2/h13-16,22,24,27H,3-12,17-19H2,1-2H3. The smallest absolute Gasteiger partial charge is 0.338 e. The van der Waals surface area contributed by atoms with Gasteiger partial charge in [-0.1, -0.05) is 51.2 Å². The summed E-state index contributed by atoms with van der Waals surface area (Å²) in [5.74, 6) is 0.462. The van der Waals surface area contributed by atoms with Crippen LogP contribution in [0.15, 0.2) is 24.3 Å². The van der Waals surface area contributed by atoms with Gasteiger partial charge in [0, 0.05) is 6.54 Å². The number of carbonyl (C=O) groups excluding carboxylic acids is 2. The zero-order valence-corrected chi connectivity index (χ0v) is 20.0. The summed E-state index contributed by atoms with van der Waals surface area (Å²) >= 11 is 1.72. The van der Waals surface area contributed by atoms with Crippen LogP contribution in [0.1, 0.15) is 87.6 Å². The lowest BCUT2D eigenvalue weighted by molar-refractivity contribution is -0.128. The molecule has 0 saturated carbocycles. The average Bonchev–Trinajstić information content (AvgIpc) is 3.12. The molecular weight excluding hydrogens is 410 g/mol. The third kappa shape index (κ3) is 9.24. The number of aliphatic hydroxyl groups excluding tert-OH is 1. The Morgan fingerprint density at radius 2 is 1.87 bits per heavy atom. The van der Waals surface area contributed by atoms with E-state index < -0.39 is 0 Å². The van der Waals surface area contributed by atoms with E-state index in [-0.39, 0.29) is 23.4 Å². The number of hydrogen-bond acceptors (Lipinski definition) is 5. The molecular formula is C25H39NO4S. The number of unbranched alkanes of at least 4 members (excludes halogenated alkanes) is 4. The highest BCUT2D eigenvalue weighted by Crippen LogP contribution is 2.29. The minimum Gasteiger partial charge on any atom is -0.462 e. The lowest BCUT2D eigenvalue weighted by Gasteiger charge is -2.25. The summed E-state index contributed by atoms with van der Waals surface area (Å²) in [6.07, 6.45) is 10.1. The minimum atomic E-state index is -0.307. The maximum Gasteiger partial charge on any atom is 0.338 e. The Hall–Kier alpha value is -1.53. The van der Waals surface area contributed by atoms with Gasteiger partial charge in [-0.05, 0) is 56.7 Å². The number of nitrogens with zero attached hydrogens (tertiary/aromatic N) is 1. The quantitative estimate of drug-likeness (QED) is 0.294. The van der Waals surface area contributed by atoms with Crippen LogP contribution in [0, 0.1) is 0 Å². The second kappa shape index (κ2) is 14.5. The molecule has 0 radical (unpaired) electrons. The van der Waals surface area contributed by atoms with E-state index in [2.05, 4.69) is 6.92 Å². The molecule has 1 aliphatic rings. The number of esters is 1. The van der Waals surface area contributed by atoms with Crippen molar-refractivity contribution in [1.82, 2.24) is 4.90 Å². The molecule has 1 amide bonds. The number of hydrogen-bond donors (Lipinski definition) is 1. The molecule has 1 N–H and O–H groups in total. The summed E-state index contributed by atoms with van der Waals surface area (Å²) < 4.78 is 5.02. The fraction of sp³-hybridized carbons (Fsp3) is 0.680. The summed E-state index contributed by atoms with van der Waals surface area (Å²) in [5, 5.41) is 10.5. The van der Waals surface area contributed by atoms with Crippen molar-refractivity contribution < 1.29 is 19.4 Å². The van der Waals surface area contributed by atoms with Gasteiger partial charge in [-0.15, -0.1) is 11.8 Å². The fourth-order valence-corrected chi connectivity index (χ4v) is 5.16. The maximum atomic E-state index is 12.3. The van der Waals surface area contributed by atoms with E-state index in [4.69, 9.17) is 4.74 Å². The van der Waals surface area contributed by atoms with Crippen molar-refractivity contribution in [3.63, 3.8) is 0 Å². The van der Waals surface area contributed by atoms with Gasteiger partial charge in [-0.25, -0.2) is 4.79 Å². The lowest BCUT2D eigenvalue weighted by Crippen LogP contribution is -2.35. The van der Waals surface area contributed by atoms with Gasteiger partial charge in [0.25, 0.3) is 0 Å². The number of carbonyl (C=O) groups is 2. The predicted molar refractivity (Wildman–Crippen MR) is 127 cm³/mol. The van der Waals surface area contributed by atoms with Crippen molar-refractivity contribution in [2.75, 3.05) is 18.9 Å². The first-order valence-corrected chi connectivity index (χ1v) is 12.9. The maximum absolute atomic E-state index is 12.3.